The van der Waals surface area contributed by atoms with Crippen molar-refractivity contribution < 1.29 is 23.6 Å². The number of amides is 1. The molecule has 2 N–H and O–H groups in total. The van der Waals surface area contributed by atoms with Crippen molar-refractivity contribution in [1.29, 1.82) is 0 Å². The number of carbonyl (C=O) groups is 2. The van der Waals surface area contributed by atoms with Gasteiger partial charge < -0.3 is 14.9 Å². The van der Waals surface area contributed by atoms with Gasteiger partial charge in [-0.05, 0) is 24.5 Å². The molecule has 0 fully saturated rings. The molecule has 1 aromatic heterocycles. The first-order chi connectivity index (χ1) is 11.8. The third-order valence-corrected chi connectivity index (χ3v) is 3.71. The molecule has 0 bridgehead atoms. The van der Waals surface area contributed by atoms with E-state index in [2.05, 4.69) is 15.5 Å². The molecule has 2 aromatic rings. The Morgan fingerprint density at radius 1 is 1.36 bits per heavy atom. The first-order valence-corrected chi connectivity index (χ1v) is 7.89. The van der Waals surface area contributed by atoms with Gasteiger partial charge in [0.15, 0.2) is 0 Å². The van der Waals surface area contributed by atoms with E-state index in [1.54, 1.807) is 32.9 Å². The lowest BCUT2D eigenvalue weighted by molar-refractivity contribution is -0.143. The average molecular weight is 349 g/mol. The number of halogens is 1. The molecule has 1 amide bonds. The van der Waals surface area contributed by atoms with Gasteiger partial charge in [-0.15, -0.1) is 0 Å². The summed E-state index contributed by atoms with van der Waals surface area (Å²) < 4.78 is 18.6. The van der Waals surface area contributed by atoms with Crippen molar-refractivity contribution >= 4 is 11.9 Å². The van der Waals surface area contributed by atoms with Crippen molar-refractivity contribution in [1.82, 2.24) is 15.5 Å². The largest absolute Gasteiger partial charge is 0.480 e. The van der Waals surface area contributed by atoms with Gasteiger partial charge in [0.1, 0.15) is 11.9 Å². The SMILES string of the molecule is Cc1ccc(-c2noc(CCC(=O)N[C@@H](C(=O)O)C(C)C)n2)cc1F. The molecule has 0 radical (unpaired) electrons. The Bertz CT molecular complexity index is 773. The van der Waals surface area contributed by atoms with Crippen molar-refractivity contribution in [3.8, 4) is 11.4 Å². The lowest BCUT2D eigenvalue weighted by atomic mass is 10.0. The van der Waals surface area contributed by atoms with Crippen molar-refractivity contribution in [3.63, 3.8) is 0 Å². The van der Waals surface area contributed by atoms with Crippen LogP contribution in [-0.4, -0.2) is 33.2 Å². The summed E-state index contributed by atoms with van der Waals surface area (Å²) in [4.78, 5) is 27.1. The van der Waals surface area contributed by atoms with Crippen LogP contribution in [0.25, 0.3) is 11.4 Å². The van der Waals surface area contributed by atoms with Gasteiger partial charge >= 0.3 is 5.97 Å². The fourth-order valence-corrected chi connectivity index (χ4v) is 2.19. The predicted octanol–water partition coefficient (Wildman–Crippen LogP) is 2.34. The van der Waals surface area contributed by atoms with Crippen molar-refractivity contribution in [2.45, 2.75) is 39.7 Å². The number of aromatic nitrogens is 2. The van der Waals surface area contributed by atoms with E-state index in [1.165, 1.54) is 6.07 Å². The minimum Gasteiger partial charge on any atom is -0.480 e. The van der Waals surface area contributed by atoms with Crippen LogP contribution in [0.15, 0.2) is 22.7 Å². The Labute approximate surface area is 144 Å². The highest BCUT2D eigenvalue weighted by Gasteiger charge is 2.23. The summed E-state index contributed by atoms with van der Waals surface area (Å²) in [6.07, 6.45) is 0.179. The predicted molar refractivity (Wildman–Crippen MR) is 87.2 cm³/mol. The number of carboxylic acid groups (broad SMARTS) is 1. The van der Waals surface area contributed by atoms with E-state index in [0.717, 1.165) is 0 Å². The molecule has 1 atom stereocenters. The number of nitrogens with one attached hydrogen (secondary N) is 1. The zero-order chi connectivity index (χ0) is 18.6. The molecule has 0 aliphatic rings. The molecule has 8 heteroatoms. The summed E-state index contributed by atoms with van der Waals surface area (Å²) in [6.45, 7) is 5.08. The van der Waals surface area contributed by atoms with E-state index in [1.807, 2.05) is 0 Å². The van der Waals surface area contributed by atoms with E-state index in [9.17, 15) is 14.0 Å². The van der Waals surface area contributed by atoms with Crippen molar-refractivity contribution in [3.05, 3.63) is 35.5 Å². The zero-order valence-electron chi connectivity index (χ0n) is 14.2. The highest BCUT2D eigenvalue weighted by Crippen LogP contribution is 2.19. The Morgan fingerprint density at radius 2 is 2.08 bits per heavy atom. The van der Waals surface area contributed by atoms with E-state index in [-0.39, 0.29) is 36.3 Å². The van der Waals surface area contributed by atoms with E-state index < -0.39 is 17.9 Å². The van der Waals surface area contributed by atoms with Crippen molar-refractivity contribution in [2.24, 2.45) is 5.92 Å². The Hall–Kier alpha value is -2.77. The molecular formula is C17H20FN3O4. The lowest BCUT2D eigenvalue weighted by Gasteiger charge is -2.17. The molecular weight excluding hydrogens is 329 g/mol. The summed E-state index contributed by atoms with van der Waals surface area (Å²) in [6, 6.07) is 3.67. The van der Waals surface area contributed by atoms with E-state index >= 15 is 0 Å². The Balaban J connectivity index is 1.96. The molecule has 0 aliphatic carbocycles. The first-order valence-electron chi connectivity index (χ1n) is 7.89. The number of benzene rings is 1. The second-order valence-electron chi connectivity index (χ2n) is 6.10. The molecule has 25 heavy (non-hydrogen) atoms. The summed E-state index contributed by atoms with van der Waals surface area (Å²) in [5.41, 5.74) is 0.996. The van der Waals surface area contributed by atoms with Gasteiger partial charge in [-0.1, -0.05) is 31.1 Å². The quantitative estimate of drug-likeness (QED) is 0.795. The van der Waals surface area contributed by atoms with Crippen LogP contribution in [0.3, 0.4) is 0 Å². The molecule has 134 valence electrons. The number of nitrogens with zero attached hydrogens (tertiary/aromatic N) is 2. The summed E-state index contributed by atoms with van der Waals surface area (Å²) >= 11 is 0. The van der Waals surface area contributed by atoms with Gasteiger partial charge in [0.05, 0.1) is 0 Å². The second-order valence-corrected chi connectivity index (χ2v) is 6.10. The molecule has 1 heterocycles. The van der Waals surface area contributed by atoms with Gasteiger partial charge in [0.25, 0.3) is 0 Å². The van der Waals surface area contributed by atoms with Crippen LogP contribution >= 0.6 is 0 Å². The van der Waals surface area contributed by atoms with Crippen LogP contribution in [0, 0.1) is 18.7 Å². The van der Waals surface area contributed by atoms with Gasteiger partial charge in [0, 0.05) is 18.4 Å². The number of hydrogen-bond acceptors (Lipinski definition) is 5. The monoisotopic (exact) mass is 349 g/mol. The molecule has 1 aromatic carbocycles. The van der Waals surface area contributed by atoms with Crippen LogP contribution < -0.4 is 5.32 Å². The zero-order valence-corrected chi connectivity index (χ0v) is 14.2. The molecule has 7 nitrogen and oxygen atoms in total. The normalized spacial score (nSPS) is 12.2. The van der Waals surface area contributed by atoms with E-state index in [4.69, 9.17) is 9.63 Å². The summed E-state index contributed by atoms with van der Waals surface area (Å²) in [5.74, 6) is -1.63. The maximum absolute atomic E-state index is 13.6. The van der Waals surface area contributed by atoms with E-state index in [0.29, 0.717) is 11.1 Å². The molecule has 2 rings (SSSR count). The standard InChI is InChI=1S/C17H20FN3O4/c1-9(2)15(17(23)24)19-13(22)6-7-14-20-16(21-25-14)11-5-4-10(3)12(18)8-11/h4-5,8-9,15H,6-7H2,1-3H3,(H,19,22)(H,23,24)/t15-/m1/s1. The maximum Gasteiger partial charge on any atom is 0.326 e. The van der Waals surface area contributed by atoms with Gasteiger partial charge in [0.2, 0.25) is 17.6 Å². The average Bonchev–Trinajstić information content (AvgIpc) is 3.01. The number of aliphatic carboxylic acids is 1. The fourth-order valence-electron chi connectivity index (χ4n) is 2.19. The second kappa shape index (κ2) is 7.87. The molecule has 0 unspecified atom stereocenters. The summed E-state index contributed by atoms with van der Waals surface area (Å²) in [7, 11) is 0. The Kier molecular flexibility index (Phi) is 5.84. The molecule has 0 spiro atoms. The highest BCUT2D eigenvalue weighted by atomic mass is 19.1. The van der Waals surface area contributed by atoms with Crippen LogP contribution in [0.4, 0.5) is 4.39 Å². The molecule has 0 aliphatic heterocycles. The summed E-state index contributed by atoms with van der Waals surface area (Å²) in [5, 5.41) is 15.3. The fraction of sp³-hybridized carbons (Fsp3) is 0.412. The van der Waals surface area contributed by atoms with Gasteiger partial charge in [-0.2, -0.15) is 4.98 Å². The van der Waals surface area contributed by atoms with Crippen LogP contribution in [0.2, 0.25) is 0 Å². The highest BCUT2D eigenvalue weighted by molar-refractivity contribution is 5.83. The maximum atomic E-state index is 13.6. The number of rotatable bonds is 7. The number of hydrogen-bond donors (Lipinski definition) is 2. The van der Waals surface area contributed by atoms with Crippen LogP contribution in [0.1, 0.15) is 31.7 Å². The number of carboxylic acids is 1. The van der Waals surface area contributed by atoms with Crippen LogP contribution in [-0.2, 0) is 16.0 Å². The third kappa shape index (κ3) is 4.85. The smallest absolute Gasteiger partial charge is 0.326 e. The first kappa shape index (κ1) is 18.6. The lowest BCUT2D eigenvalue weighted by Crippen LogP contribution is -2.44. The van der Waals surface area contributed by atoms with Gasteiger partial charge in [-0.3, -0.25) is 4.79 Å². The third-order valence-electron chi connectivity index (χ3n) is 3.71. The Morgan fingerprint density at radius 3 is 2.68 bits per heavy atom. The van der Waals surface area contributed by atoms with Crippen LogP contribution in [0.5, 0.6) is 0 Å². The number of aryl methyl sites for hydroxylation is 2. The van der Waals surface area contributed by atoms with Gasteiger partial charge in [-0.25, -0.2) is 9.18 Å². The van der Waals surface area contributed by atoms with Crippen molar-refractivity contribution in [2.75, 3.05) is 0 Å². The number of carbonyl (C=O) groups excluding carboxylic acids is 1. The molecule has 0 saturated carbocycles. The topological polar surface area (TPSA) is 105 Å². The minimum absolute atomic E-state index is 0.0143. The minimum atomic E-state index is -1.08. The molecule has 0 saturated heterocycles.